The van der Waals surface area contributed by atoms with Gasteiger partial charge < -0.3 is 5.11 Å². The topological polar surface area (TPSA) is 44.0 Å². The SMILES string of the molecule is CCC(C)(C#N)C(O)c1ccc(Cl)cc1Br. The van der Waals surface area contributed by atoms with Crippen molar-refractivity contribution in [3.8, 4) is 6.07 Å². The zero-order valence-corrected chi connectivity index (χ0v) is 11.5. The van der Waals surface area contributed by atoms with E-state index in [1.807, 2.05) is 6.92 Å². The van der Waals surface area contributed by atoms with Crippen molar-refractivity contribution in [1.82, 2.24) is 0 Å². The van der Waals surface area contributed by atoms with Crippen molar-refractivity contribution in [3.05, 3.63) is 33.3 Å². The molecule has 0 saturated carbocycles. The molecule has 0 aromatic heterocycles. The molecule has 1 rings (SSSR count). The van der Waals surface area contributed by atoms with E-state index in [-0.39, 0.29) is 0 Å². The van der Waals surface area contributed by atoms with E-state index in [4.69, 9.17) is 16.9 Å². The van der Waals surface area contributed by atoms with Crippen molar-refractivity contribution in [3.63, 3.8) is 0 Å². The van der Waals surface area contributed by atoms with Crippen LogP contribution in [0.3, 0.4) is 0 Å². The van der Waals surface area contributed by atoms with Gasteiger partial charge in [-0.2, -0.15) is 5.26 Å². The maximum atomic E-state index is 10.2. The van der Waals surface area contributed by atoms with Crippen LogP contribution in [0.4, 0.5) is 0 Å². The first-order chi connectivity index (χ1) is 7.44. The highest BCUT2D eigenvalue weighted by Gasteiger charge is 2.33. The molecule has 16 heavy (non-hydrogen) atoms. The fourth-order valence-electron chi connectivity index (χ4n) is 1.40. The lowest BCUT2D eigenvalue weighted by molar-refractivity contribution is 0.0716. The van der Waals surface area contributed by atoms with Gasteiger partial charge in [0.2, 0.25) is 0 Å². The molecule has 0 heterocycles. The zero-order valence-electron chi connectivity index (χ0n) is 9.17. The first-order valence-electron chi connectivity index (χ1n) is 4.99. The van der Waals surface area contributed by atoms with Crippen molar-refractivity contribution in [2.24, 2.45) is 5.41 Å². The first kappa shape index (κ1) is 13.5. The molecule has 86 valence electrons. The molecule has 1 N–H and O–H groups in total. The number of nitrogens with zero attached hydrogens (tertiary/aromatic N) is 1. The predicted octanol–water partition coefficient (Wildman–Crippen LogP) is 4.08. The van der Waals surface area contributed by atoms with Gasteiger partial charge in [0.05, 0.1) is 17.6 Å². The van der Waals surface area contributed by atoms with E-state index in [0.29, 0.717) is 17.0 Å². The van der Waals surface area contributed by atoms with E-state index < -0.39 is 11.5 Å². The van der Waals surface area contributed by atoms with Crippen LogP contribution in [-0.4, -0.2) is 5.11 Å². The van der Waals surface area contributed by atoms with E-state index in [9.17, 15) is 5.11 Å². The Morgan fingerprint density at radius 1 is 1.62 bits per heavy atom. The van der Waals surface area contributed by atoms with Crippen LogP contribution in [0.15, 0.2) is 22.7 Å². The molecule has 1 aromatic rings. The Kier molecular flexibility index (Phi) is 4.37. The summed E-state index contributed by atoms with van der Waals surface area (Å²) in [7, 11) is 0. The molecule has 0 saturated heterocycles. The number of aliphatic hydroxyl groups excluding tert-OH is 1. The lowest BCUT2D eigenvalue weighted by atomic mass is 9.80. The molecule has 1 aromatic carbocycles. The maximum Gasteiger partial charge on any atom is 0.0984 e. The molecule has 0 bridgehead atoms. The Labute approximate surface area is 109 Å². The summed E-state index contributed by atoms with van der Waals surface area (Å²) < 4.78 is 0.724. The first-order valence-corrected chi connectivity index (χ1v) is 6.16. The van der Waals surface area contributed by atoms with Gasteiger partial charge >= 0.3 is 0 Å². The van der Waals surface area contributed by atoms with Crippen LogP contribution in [0.5, 0.6) is 0 Å². The molecular weight excluding hydrogens is 289 g/mol. The minimum atomic E-state index is -0.825. The zero-order chi connectivity index (χ0) is 12.3. The highest BCUT2D eigenvalue weighted by atomic mass is 79.9. The van der Waals surface area contributed by atoms with Crippen LogP contribution in [0.1, 0.15) is 31.9 Å². The Morgan fingerprint density at radius 3 is 2.69 bits per heavy atom. The average molecular weight is 303 g/mol. The summed E-state index contributed by atoms with van der Waals surface area (Å²) in [5.74, 6) is 0. The summed E-state index contributed by atoms with van der Waals surface area (Å²) in [5.41, 5.74) is -0.0913. The number of hydrogen-bond donors (Lipinski definition) is 1. The summed E-state index contributed by atoms with van der Waals surface area (Å²) in [6.07, 6.45) is -0.242. The quantitative estimate of drug-likeness (QED) is 0.914. The number of rotatable bonds is 3. The monoisotopic (exact) mass is 301 g/mol. The third-order valence-electron chi connectivity index (χ3n) is 2.85. The molecule has 0 radical (unpaired) electrons. The molecule has 2 nitrogen and oxygen atoms in total. The van der Waals surface area contributed by atoms with Gasteiger partial charge in [-0.05, 0) is 31.0 Å². The van der Waals surface area contributed by atoms with Gasteiger partial charge in [0, 0.05) is 9.50 Å². The van der Waals surface area contributed by atoms with E-state index in [0.717, 1.165) is 4.47 Å². The van der Waals surface area contributed by atoms with Crippen molar-refractivity contribution in [1.29, 1.82) is 5.26 Å². The standard InChI is InChI=1S/C12H13BrClNO/c1-3-12(2,7-15)11(16)9-5-4-8(14)6-10(9)13/h4-6,11,16H,3H2,1-2H3. The van der Waals surface area contributed by atoms with Crippen LogP contribution in [0.25, 0.3) is 0 Å². The smallest absolute Gasteiger partial charge is 0.0984 e. The third kappa shape index (κ3) is 2.57. The summed E-state index contributed by atoms with van der Waals surface area (Å²) in [5, 5.41) is 19.9. The third-order valence-corrected chi connectivity index (χ3v) is 3.77. The van der Waals surface area contributed by atoms with Gasteiger partial charge in [0.1, 0.15) is 0 Å². The van der Waals surface area contributed by atoms with Crippen LogP contribution >= 0.6 is 27.5 Å². The van der Waals surface area contributed by atoms with Crippen molar-refractivity contribution in [2.45, 2.75) is 26.4 Å². The second-order valence-corrected chi connectivity index (χ2v) is 5.24. The fourth-order valence-corrected chi connectivity index (χ4v) is 2.30. The average Bonchev–Trinajstić information content (AvgIpc) is 2.27. The Morgan fingerprint density at radius 2 is 2.25 bits per heavy atom. The van der Waals surface area contributed by atoms with Gasteiger partial charge in [-0.15, -0.1) is 0 Å². The minimum absolute atomic E-state index is 0.583. The molecule has 0 aliphatic carbocycles. The summed E-state index contributed by atoms with van der Waals surface area (Å²) in [6, 6.07) is 7.33. The van der Waals surface area contributed by atoms with Crippen molar-refractivity contribution >= 4 is 27.5 Å². The number of benzene rings is 1. The summed E-state index contributed by atoms with van der Waals surface area (Å²) in [6.45, 7) is 3.63. The second-order valence-electron chi connectivity index (χ2n) is 3.95. The number of halogens is 2. The van der Waals surface area contributed by atoms with Crippen LogP contribution in [0.2, 0.25) is 5.02 Å². The summed E-state index contributed by atoms with van der Waals surface area (Å²) in [4.78, 5) is 0. The highest BCUT2D eigenvalue weighted by Crippen LogP contribution is 2.39. The van der Waals surface area contributed by atoms with Gasteiger partial charge in [-0.25, -0.2) is 0 Å². The van der Waals surface area contributed by atoms with Crippen LogP contribution in [-0.2, 0) is 0 Å². The van der Waals surface area contributed by atoms with Gasteiger partial charge in [0.25, 0.3) is 0 Å². The number of hydrogen-bond acceptors (Lipinski definition) is 2. The number of nitriles is 1. The van der Waals surface area contributed by atoms with Gasteiger partial charge in [0.15, 0.2) is 0 Å². The van der Waals surface area contributed by atoms with Gasteiger partial charge in [-0.3, -0.25) is 0 Å². The van der Waals surface area contributed by atoms with E-state index >= 15 is 0 Å². The second kappa shape index (κ2) is 5.18. The minimum Gasteiger partial charge on any atom is -0.387 e. The molecule has 4 heteroatoms. The Bertz CT molecular complexity index is 430. The predicted molar refractivity (Wildman–Crippen MR) is 68.1 cm³/mol. The van der Waals surface area contributed by atoms with Crippen molar-refractivity contribution < 1.29 is 5.11 Å². The van der Waals surface area contributed by atoms with E-state index in [2.05, 4.69) is 22.0 Å². The lowest BCUT2D eigenvalue weighted by Crippen LogP contribution is -2.23. The maximum absolute atomic E-state index is 10.2. The number of aliphatic hydroxyl groups is 1. The molecule has 0 aliphatic heterocycles. The Balaban J connectivity index is 3.15. The van der Waals surface area contributed by atoms with Crippen LogP contribution in [0, 0.1) is 16.7 Å². The summed E-state index contributed by atoms with van der Waals surface area (Å²) >= 11 is 9.17. The molecule has 0 spiro atoms. The van der Waals surface area contributed by atoms with E-state index in [1.165, 1.54) is 0 Å². The van der Waals surface area contributed by atoms with Crippen molar-refractivity contribution in [2.75, 3.05) is 0 Å². The Hall–Kier alpha value is -0.560. The van der Waals surface area contributed by atoms with Crippen LogP contribution < -0.4 is 0 Å². The fraction of sp³-hybridized carbons (Fsp3) is 0.417. The normalized spacial score (nSPS) is 16.2. The molecule has 0 aliphatic rings. The molecular formula is C12H13BrClNO. The van der Waals surface area contributed by atoms with Gasteiger partial charge in [-0.1, -0.05) is 40.5 Å². The van der Waals surface area contributed by atoms with E-state index in [1.54, 1.807) is 25.1 Å². The molecule has 0 fully saturated rings. The molecule has 2 unspecified atom stereocenters. The lowest BCUT2D eigenvalue weighted by Gasteiger charge is -2.27. The molecule has 2 atom stereocenters. The largest absolute Gasteiger partial charge is 0.387 e. The molecule has 0 amide bonds. The highest BCUT2D eigenvalue weighted by molar-refractivity contribution is 9.10.